The van der Waals surface area contributed by atoms with E-state index < -0.39 is 0 Å². The van der Waals surface area contributed by atoms with E-state index in [2.05, 4.69) is 15.0 Å². The summed E-state index contributed by atoms with van der Waals surface area (Å²) < 4.78 is 0. The number of rotatable bonds is 2. The molecular formula is C12H20N6O. The Hall–Kier alpha value is -1.92. The van der Waals surface area contributed by atoms with Crippen LogP contribution in [0.1, 0.15) is 12.7 Å². The first-order valence-corrected chi connectivity index (χ1v) is 6.31. The second-order valence-electron chi connectivity index (χ2n) is 5.01. The molecule has 1 atom stereocenters. The predicted octanol–water partition coefficient (Wildman–Crippen LogP) is -0.0871. The Kier molecular flexibility index (Phi) is 3.55. The minimum atomic E-state index is -0.240. The first kappa shape index (κ1) is 13.5. The van der Waals surface area contributed by atoms with Gasteiger partial charge in [-0.15, -0.1) is 0 Å². The summed E-state index contributed by atoms with van der Waals surface area (Å²) in [5.41, 5.74) is 0. The van der Waals surface area contributed by atoms with Gasteiger partial charge in [0.25, 0.3) is 0 Å². The molecule has 7 heteroatoms. The molecular weight excluding hydrogens is 244 g/mol. The van der Waals surface area contributed by atoms with E-state index in [1.165, 1.54) is 0 Å². The fraction of sp³-hybridized carbons (Fsp3) is 0.667. The van der Waals surface area contributed by atoms with Crippen LogP contribution < -0.4 is 9.80 Å². The molecule has 0 unspecified atom stereocenters. The van der Waals surface area contributed by atoms with Crippen LogP contribution in [0.2, 0.25) is 0 Å². The predicted molar refractivity (Wildman–Crippen MR) is 73.3 cm³/mol. The summed E-state index contributed by atoms with van der Waals surface area (Å²) in [5.74, 6) is 1.94. The van der Waals surface area contributed by atoms with Gasteiger partial charge in [0, 0.05) is 34.2 Å². The third kappa shape index (κ3) is 2.59. The minimum Gasteiger partial charge on any atom is -0.347 e. The Morgan fingerprint density at radius 3 is 2.53 bits per heavy atom. The van der Waals surface area contributed by atoms with Gasteiger partial charge in [-0.3, -0.25) is 4.79 Å². The molecule has 1 aromatic heterocycles. The second kappa shape index (κ2) is 4.99. The van der Waals surface area contributed by atoms with Crippen molar-refractivity contribution in [2.24, 2.45) is 0 Å². The second-order valence-corrected chi connectivity index (χ2v) is 5.01. The molecule has 1 saturated heterocycles. The van der Waals surface area contributed by atoms with Gasteiger partial charge in [0.15, 0.2) is 0 Å². The van der Waals surface area contributed by atoms with Crippen LogP contribution in [-0.4, -0.2) is 66.0 Å². The number of carbonyl (C=O) groups excluding carboxylic acids is 1. The van der Waals surface area contributed by atoms with Crippen molar-refractivity contribution in [3.63, 3.8) is 0 Å². The van der Waals surface area contributed by atoms with Crippen molar-refractivity contribution in [1.82, 2.24) is 19.9 Å². The zero-order chi connectivity index (χ0) is 14.2. The van der Waals surface area contributed by atoms with E-state index in [-0.39, 0.29) is 11.9 Å². The van der Waals surface area contributed by atoms with E-state index in [1.807, 2.05) is 44.8 Å². The van der Waals surface area contributed by atoms with Crippen LogP contribution in [0.3, 0.4) is 0 Å². The number of anilines is 2. The summed E-state index contributed by atoms with van der Waals surface area (Å²) in [6.45, 7) is 5.14. The summed E-state index contributed by atoms with van der Waals surface area (Å²) in [7, 11) is 5.59. The Balaban J connectivity index is 2.33. The van der Waals surface area contributed by atoms with Crippen molar-refractivity contribution in [3.05, 3.63) is 5.82 Å². The number of likely N-dealkylation sites (N-methyl/N-ethyl adjacent to an activating group) is 1. The molecule has 0 aliphatic carbocycles. The van der Waals surface area contributed by atoms with Gasteiger partial charge in [-0.1, -0.05) is 0 Å². The number of carbonyl (C=O) groups is 1. The average Bonchev–Trinajstić information content (AvgIpc) is 2.35. The van der Waals surface area contributed by atoms with E-state index in [0.717, 1.165) is 6.54 Å². The van der Waals surface area contributed by atoms with Gasteiger partial charge in [0.2, 0.25) is 17.8 Å². The number of aryl methyl sites for hydroxylation is 1. The lowest BCUT2D eigenvalue weighted by molar-refractivity contribution is -0.132. The van der Waals surface area contributed by atoms with E-state index in [4.69, 9.17) is 0 Å². The van der Waals surface area contributed by atoms with E-state index in [1.54, 1.807) is 4.90 Å². The summed E-state index contributed by atoms with van der Waals surface area (Å²) in [6.07, 6.45) is 0. The molecule has 0 N–H and O–H groups in total. The third-order valence-corrected chi connectivity index (χ3v) is 3.26. The van der Waals surface area contributed by atoms with Crippen molar-refractivity contribution in [3.8, 4) is 0 Å². The normalized spacial score (nSPS) is 19.8. The first-order valence-electron chi connectivity index (χ1n) is 6.31. The van der Waals surface area contributed by atoms with Crippen LogP contribution >= 0.6 is 0 Å². The van der Waals surface area contributed by atoms with E-state index in [9.17, 15) is 4.79 Å². The number of hydrogen-bond acceptors (Lipinski definition) is 6. The lowest BCUT2D eigenvalue weighted by Crippen LogP contribution is -2.55. The highest BCUT2D eigenvalue weighted by Crippen LogP contribution is 2.18. The molecule has 0 radical (unpaired) electrons. The first-order chi connectivity index (χ1) is 8.90. The molecule has 104 valence electrons. The summed E-state index contributed by atoms with van der Waals surface area (Å²) >= 11 is 0. The van der Waals surface area contributed by atoms with Gasteiger partial charge in [-0.2, -0.15) is 15.0 Å². The van der Waals surface area contributed by atoms with Crippen molar-refractivity contribution in [1.29, 1.82) is 0 Å². The molecule has 1 aliphatic heterocycles. The van der Waals surface area contributed by atoms with Crippen LogP contribution in [0.15, 0.2) is 0 Å². The lowest BCUT2D eigenvalue weighted by Gasteiger charge is -2.37. The Bertz CT molecular complexity index is 489. The van der Waals surface area contributed by atoms with E-state index in [0.29, 0.717) is 24.3 Å². The highest BCUT2D eigenvalue weighted by Gasteiger charge is 2.31. The SMILES string of the molecule is Cc1nc(N(C)C)nc(N2CCN(C)C(=O)[C@@H]2C)n1. The summed E-state index contributed by atoms with van der Waals surface area (Å²) in [4.78, 5) is 30.6. The molecule has 0 bridgehead atoms. The average molecular weight is 264 g/mol. The molecule has 2 heterocycles. The molecule has 19 heavy (non-hydrogen) atoms. The molecule has 1 aliphatic rings. The molecule has 0 spiro atoms. The zero-order valence-corrected chi connectivity index (χ0v) is 12.1. The van der Waals surface area contributed by atoms with Crippen molar-refractivity contribution in [2.45, 2.75) is 19.9 Å². The van der Waals surface area contributed by atoms with Crippen LogP contribution in [0.25, 0.3) is 0 Å². The molecule has 1 aromatic rings. The van der Waals surface area contributed by atoms with Gasteiger partial charge in [0.05, 0.1) is 0 Å². The minimum absolute atomic E-state index is 0.0933. The van der Waals surface area contributed by atoms with Gasteiger partial charge in [-0.25, -0.2) is 0 Å². The maximum Gasteiger partial charge on any atom is 0.244 e. The number of piperazine rings is 1. The molecule has 1 fully saturated rings. The monoisotopic (exact) mass is 264 g/mol. The van der Waals surface area contributed by atoms with Gasteiger partial charge in [-0.05, 0) is 13.8 Å². The van der Waals surface area contributed by atoms with Gasteiger partial charge >= 0.3 is 0 Å². The third-order valence-electron chi connectivity index (χ3n) is 3.26. The molecule has 0 aromatic carbocycles. The van der Waals surface area contributed by atoms with Crippen LogP contribution in [0.5, 0.6) is 0 Å². The summed E-state index contributed by atoms with van der Waals surface area (Å²) in [5, 5.41) is 0. The topological polar surface area (TPSA) is 65.5 Å². The van der Waals surface area contributed by atoms with E-state index >= 15 is 0 Å². The quantitative estimate of drug-likeness (QED) is 0.744. The molecule has 7 nitrogen and oxygen atoms in total. The molecule has 0 saturated carbocycles. The van der Waals surface area contributed by atoms with Crippen molar-refractivity contribution < 1.29 is 4.79 Å². The largest absolute Gasteiger partial charge is 0.347 e. The lowest BCUT2D eigenvalue weighted by atomic mass is 10.2. The standard InChI is InChI=1S/C12H20N6O/c1-8-10(19)17(5)6-7-18(8)12-14-9(2)13-11(15-12)16(3)4/h8H,6-7H2,1-5H3/t8-/m0/s1. The maximum absolute atomic E-state index is 12.0. The zero-order valence-electron chi connectivity index (χ0n) is 12.1. The maximum atomic E-state index is 12.0. The van der Waals surface area contributed by atoms with Gasteiger partial charge in [0.1, 0.15) is 11.9 Å². The van der Waals surface area contributed by atoms with Crippen LogP contribution in [0.4, 0.5) is 11.9 Å². The van der Waals surface area contributed by atoms with Crippen LogP contribution in [0, 0.1) is 6.92 Å². The number of hydrogen-bond donors (Lipinski definition) is 0. The van der Waals surface area contributed by atoms with Crippen molar-refractivity contribution in [2.75, 3.05) is 44.0 Å². The van der Waals surface area contributed by atoms with Gasteiger partial charge < -0.3 is 14.7 Å². The highest BCUT2D eigenvalue weighted by atomic mass is 16.2. The number of nitrogens with zero attached hydrogens (tertiary/aromatic N) is 6. The highest BCUT2D eigenvalue weighted by molar-refractivity contribution is 5.85. The Morgan fingerprint density at radius 2 is 1.89 bits per heavy atom. The summed E-state index contributed by atoms with van der Waals surface area (Å²) in [6, 6.07) is -0.240. The molecule has 2 rings (SSSR count). The van der Waals surface area contributed by atoms with Crippen molar-refractivity contribution >= 4 is 17.8 Å². The Morgan fingerprint density at radius 1 is 1.21 bits per heavy atom. The fourth-order valence-corrected chi connectivity index (χ4v) is 2.07. The Labute approximate surface area is 113 Å². The number of aromatic nitrogens is 3. The smallest absolute Gasteiger partial charge is 0.244 e. The van der Waals surface area contributed by atoms with Crippen LogP contribution in [-0.2, 0) is 4.79 Å². The fourth-order valence-electron chi connectivity index (χ4n) is 2.07. The molecule has 1 amide bonds. The number of amides is 1.